The molecule has 8 heteroatoms. The predicted octanol–water partition coefficient (Wildman–Crippen LogP) is 3.56. The van der Waals surface area contributed by atoms with Crippen molar-refractivity contribution in [1.82, 2.24) is 19.9 Å². The Kier molecular flexibility index (Phi) is 4.31. The number of hydrogen-bond acceptors (Lipinski definition) is 6. The molecular weight excluding hydrogens is 378 g/mol. The minimum Gasteiger partial charge on any atom is -0.363 e. The second-order valence-electron chi connectivity index (χ2n) is 7.41. The summed E-state index contributed by atoms with van der Waals surface area (Å²) in [4.78, 5) is 31.1. The fourth-order valence-electron chi connectivity index (χ4n) is 3.82. The van der Waals surface area contributed by atoms with Gasteiger partial charge in [-0.1, -0.05) is 29.8 Å². The van der Waals surface area contributed by atoms with E-state index in [9.17, 15) is 4.79 Å². The van der Waals surface area contributed by atoms with Gasteiger partial charge in [0, 0.05) is 11.4 Å². The molecule has 2 aromatic carbocycles. The fraction of sp³-hybridized carbons (Fsp3) is 0.182. The summed E-state index contributed by atoms with van der Waals surface area (Å²) in [5, 5.41) is 6.96. The van der Waals surface area contributed by atoms with Gasteiger partial charge >= 0.3 is 0 Å². The van der Waals surface area contributed by atoms with E-state index in [0.717, 1.165) is 22.5 Å². The summed E-state index contributed by atoms with van der Waals surface area (Å²) >= 11 is 0. The van der Waals surface area contributed by atoms with Gasteiger partial charge in [0.25, 0.3) is 5.91 Å². The number of nitrogens with zero attached hydrogens (tertiary/aromatic N) is 4. The number of aromatic nitrogens is 4. The zero-order valence-corrected chi connectivity index (χ0v) is 16.6. The first-order valence-corrected chi connectivity index (χ1v) is 9.78. The van der Waals surface area contributed by atoms with E-state index in [1.165, 1.54) is 6.33 Å². The number of H-pyrrole nitrogens is 1. The number of benzene rings is 2. The summed E-state index contributed by atoms with van der Waals surface area (Å²) in [6.45, 7) is 4.01. The van der Waals surface area contributed by atoms with Crippen molar-refractivity contribution in [3.05, 3.63) is 72.3 Å². The lowest BCUT2D eigenvalue weighted by Crippen LogP contribution is -2.56. The number of para-hydroxylation sites is 1. The van der Waals surface area contributed by atoms with Crippen LogP contribution in [0.2, 0.25) is 0 Å². The molecule has 1 amide bonds. The first-order valence-electron chi connectivity index (χ1n) is 9.78. The molecule has 5 rings (SSSR count). The molecule has 0 spiro atoms. The lowest BCUT2D eigenvalue weighted by molar-refractivity contribution is 0.0973. The van der Waals surface area contributed by atoms with Gasteiger partial charge in [0.05, 0.1) is 17.9 Å². The van der Waals surface area contributed by atoms with Crippen LogP contribution in [0.5, 0.6) is 0 Å². The topological polar surface area (TPSA) is 98.8 Å². The van der Waals surface area contributed by atoms with E-state index in [2.05, 4.69) is 30.6 Å². The average molecular weight is 399 g/mol. The van der Waals surface area contributed by atoms with E-state index < -0.39 is 0 Å². The smallest absolute Gasteiger partial charge is 0.262 e. The zero-order chi connectivity index (χ0) is 20.7. The molecule has 1 aliphatic rings. The number of amides is 1. The van der Waals surface area contributed by atoms with Gasteiger partial charge in [0.2, 0.25) is 0 Å². The van der Waals surface area contributed by atoms with Crippen LogP contribution in [-0.2, 0) is 0 Å². The summed E-state index contributed by atoms with van der Waals surface area (Å²) < 4.78 is 0. The number of aromatic amines is 1. The van der Waals surface area contributed by atoms with Crippen molar-refractivity contribution in [2.75, 3.05) is 15.5 Å². The number of aryl methyl sites for hydroxylation is 1. The Balaban J connectivity index is 1.55. The van der Waals surface area contributed by atoms with Crippen molar-refractivity contribution in [2.24, 2.45) is 0 Å². The minimum atomic E-state index is -0.331. The Labute approximate surface area is 173 Å². The highest BCUT2D eigenvalue weighted by Crippen LogP contribution is 2.32. The van der Waals surface area contributed by atoms with Crippen LogP contribution >= 0.6 is 0 Å². The molecule has 1 unspecified atom stereocenters. The van der Waals surface area contributed by atoms with Gasteiger partial charge in [-0.25, -0.2) is 15.0 Å². The third kappa shape index (κ3) is 3.02. The van der Waals surface area contributed by atoms with E-state index >= 15 is 0 Å². The largest absolute Gasteiger partial charge is 0.363 e. The highest BCUT2D eigenvalue weighted by molar-refractivity contribution is 6.12. The van der Waals surface area contributed by atoms with Crippen LogP contribution < -0.4 is 15.5 Å². The van der Waals surface area contributed by atoms with Gasteiger partial charge in [-0.05, 0) is 38.1 Å². The van der Waals surface area contributed by atoms with Crippen LogP contribution in [0, 0.1) is 6.92 Å². The second-order valence-corrected chi connectivity index (χ2v) is 7.41. The van der Waals surface area contributed by atoms with E-state index in [1.54, 1.807) is 11.2 Å². The Hall–Kier alpha value is -3.94. The first kappa shape index (κ1) is 18.1. The molecule has 8 nitrogen and oxygen atoms in total. The molecule has 150 valence electrons. The third-order valence-electron chi connectivity index (χ3n) is 5.30. The van der Waals surface area contributed by atoms with Crippen LogP contribution in [0.1, 0.15) is 22.8 Å². The van der Waals surface area contributed by atoms with Crippen LogP contribution in [0.15, 0.2) is 61.2 Å². The maximum absolute atomic E-state index is 13.5. The molecule has 0 fully saturated rings. The number of rotatable bonds is 4. The second kappa shape index (κ2) is 7.14. The molecule has 3 N–H and O–H groups in total. The van der Waals surface area contributed by atoms with Crippen molar-refractivity contribution < 1.29 is 4.79 Å². The monoisotopic (exact) mass is 399 g/mol. The molecule has 3 heterocycles. The molecule has 0 saturated heterocycles. The molecule has 0 bridgehead atoms. The average Bonchev–Trinajstić information content (AvgIpc) is 3.24. The van der Waals surface area contributed by atoms with Gasteiger partial charge in [-0.2, -0.15) is 0 Å². The molecule has 2 aromatic heterocycles. The van der Waals surface area contributed by atoms with Gasteiger partial charge in [-0.15, -0.1) is 0 Å². The predicted molar refractivity (Wildman–Crippen MR) is 117 cm³/mol. The van der Waals surface area contributed by atoms with E-state index in [-0.39, 0.29) is 18.1 Å². The maximum Gasteiger partial charge on any atom is 0.262 e. The number of nitrogens with one attached hydrogen (secondary N) is 3. The third-order valence-corrected chi connectivity index (χ3v) is 5.30. The number of hydrogen-bond donors (Lipinski definition) is 3. The molecule has 0 saturated carbocycles. The van der Waals surface area contributed by atoms with Crippen molar-refractivity contribution >= 4 is 34.3 Å². The SMILES string of the molecule is Cc1ccc2c(c1)C(=O)N(c1ccccc1)C([C@H](C)Nc1ncnc3nc[nH]c13)N2. The van der Waals surface area contributed by atoms with E-state index in [1.807, 2.05) is 62.4 Å². The van der Waals surface area contributed by atoms with E-state index in [0.29, 0.717) is 17.0 Å². The number of carbonyl (C=O) groups is 1. The summed E-state index contributed by atoms with van der Waals surface area (Å²) in [7, 11) is 0. The number of carbonyl (C=O) groups excluding carboxylic acids is 1. The maximum atomic E-state index is 13.5. The quantitative estimate of drug-likeness (QED) is 0.485. The van der Waals surface area contributed by atoms with Crippen molar-refractivity contribution in [3.8, 4) is 0 Å². The lowest BCUT2D eigenvalue weighted by atomic mass is 10.0. The molecule has 0 radical (unpaired) electrons. The Morgan fingerprint density at radius 2 is 1.93 bits per heavy atom. The molecule has 4 aromatic rings. The first-order chi connectivity index (χ1) is 14.6. The number of anilines is 3. The van der Waals surface area contributed by atoms with Crippen LogP contribution in [0.4, 0.5) is 17.2 Å². The zero-order valence-electron chi connectivity index (χ0n) is 16.6. The van der Waals surface area contributed by atoms with Crippen molar-refractivity contribution in [3.63, 3.8) is 0 Å². The van der Waals surface area contributed by atoms with Gasteiger partial charge in [0.15, 0.2) is 11.5 Å². The van der Waals surface area contributed by atoms with Gasteiger partial charge in [-0.3, -0.25) is 9.69 Å². The van der Waals surface area contributed by atoms with E-state index in [4.69, 9.17) is 0 Å². The van der Waals surface area contributed by atoms with Crippen LogP contribution in [-0.4, -0.2) is 38.1 Å². The Morgan fingerprint density at radius 1 is 1.10 bits per heavy atom. The summed E-state index contributed by atoms with van der Waals surface area (Å²) in [5.74, 6) is 0.605. The summed E-state index contributed by atoms with van der Waals surface area (Å²) in [6, 6.07) is 15.4. The fourth-order valence-corrected chi connectivity index (χ4v) is 3.82. The van der Waals surface area contributed by atoms with Gasteiger partial charge < -0.3 is 15.6 Å². The molecular formula is C22H21N7O. The standard InChI is InChI=1S/C22H21N7O/c1-13-8-9-17-16(10-13)22(30)29(15-6-4-3-5-7-15)21(28-17)14(2)27-20-18-19(24-11-23-18)25-12-26-20/h3-12,14,21,28H,1-2H3,(H2,23,24,25,26,27)/t14-,21?/m0/s1. The summed E-state index contributed by atoms with van der Waals surface area (Å²) in [5.41, 5.74) is 4.69. The Morgan fingerprint density at radius 3 is 2.77 bits per heavy atom. The highest BCUT2D eigenvalue weighted by atomic mass is 16.2. The van der Waals surface area contributed by atoms with Crippen LogP contribution in [0.3, 0.4) is 0 Å². The molecule has 0 aliphatic carbocycles. The minimum absolute atomic E-state index is 0.0355. The van der Waals surface area contributed by atoms with Crippen molar-refractivity contribution in [1.29, 1.82) is 0 Å². The van der Waals surface area contributed by atoms with Crippen LogP contribution in [0.25, 0.3) is 11.2 Å². The lowest BCUT2D eigenvalue weighted by Gasteiger charge is -2.41. The number of imidazole rings is 1. The highest BCUT2D eigenvalue weighted by Gasteiger charge is 2.36. The molecule has 1 aliphatic heterocycles. The van der Waals surface area contributed by atoms with Gasteiger partial charge in [0.1, 0.15) is 18.0 Å². The normalized spacial score (nSPS) is 16.8. The Bertz CT molecular complexity index is 1220. The summed E-state index contributed by atoms with van der Waals surface area (Å²) in [6.07, 6.45) is 2.74. The molecule has 2 atom stereocenters. The molecule has 30 heavy (non-hydrogen) atoms. The van der Waals surface area contributed by atoms with Crippen molar-refractivity contribution in [2.45, 2.75) is 26.1 Å². The number of fused-ring (bicyclic) bond motifs is 2.